The van der Waals surface area contributed by atoms with E-state index in [1.807, 2.05) is 18.2 Å². The summed E-state index contributed by atoms with van der Waals surface area (Å²) in [7, 11) is -7.52. The number of ether oxygens (including phenoxy) is 3. The van der Waals surface area contributed by atoms with E-state index in [1.165, 1.54) is 0 Å². The lowest BCUT2D eigenvalue weighted by Gasteiger charge is -2.49. The first kappa shape index (κ1) is 25.0. The van der Waals surface area contributed by atoms with Crippen LogP contribution in [-0.2, 0) is 5.16 Å². The van der Waals surface area contributed by atoms with E-state index in [-0.39, 0.29) is 10.5 Å². The number of hydrogen-bond acceptors (Lipinski definition) is 3. The van der Waals surface area contributed by atoms with E-state index in [1.54, 1.807) is 0 Å². The van der Waals surface area contributed by atoms with Crippen LogP contribution in [0.15, 0.2) is 54.6 Å². The van der Waals surface area contributed by atoms with Crippen molar-refractivity contribution in [2.75, 3.05) is 25.3 Å². The molecule has 3 aliphatic rings. The first-order valence-electron chi connectivity index (χ1n) is 10.2. The van der Waals surface area contributed by atoms with Gasteiger partial charge in [-0.25, -0.2) is 0 Å². The second kappa shape index (κ2) is 8.82. The third kappa shape index (κ3) is 4.00. The quantitative estimate of drug-likeness (QED) is 0.106. The maximum absolute atomic E-state index is 9.75. The molecule has 0 N–H and O–H groups in total. The largest absolute Gasteiger partial charge is 0.673 e. The molecule has 180 valence electrons. The minimum atomic E-state index is -6.00. The van der Waals surface area contributed by atoms with Crippen LogP contribution in [0.1, 0.15) is 16.7 Å². The molecule has 0 atom stereocenters. The molecule has 3 aliphatic heterocycles. The van der Waals surface area contributed by atoms with Crippen LogP contribution in [0.2, 0.25) is 0 Å². The summed E-state index contributed by atoms with van der Waals surface area (Å²) in [5, 5.41) is -0.0778. The van der Waals surface area contributed by atoms with Gasteiger partial charge in [-0.05, 0) is 36.4 Å². The Kier molecular flexibility index (Phi) is 6.47. The molecule has 0 saturated carbocycles. The molecule has 11 heteroatoms. The Hall–Kier alpha value is -2.15. The van der Waals surface area contributed by atoms with Crippen molar-refractivity contribution in [3.05, 3.63) is 71.3 Å². The Morgan fingerprint density at radius 3 is 1.03 bits per heavy atom. The van der Waals surface area contributed by atoms with Crippen molar-refractivity contribution >= 4 is 37.7 Å². The Labute approximate surface area is 205 Å². The molecular formula is C23H20BCl2F4O3P. The number of rotatable bonds is 1. The molecule has 0 unspecified atom stereocenters. The molecule has 3 nitrogen and oxygen atoms in total. The van der Waals surface area contributed by atoms with Crippen LogP contribution in [0, 0.1) is 0 Å². The maximum Gasteiger partial charge on any atom is 0.673 e. The Balaban J connectivity index is 0.000000302. The average molecular weight is 533 g/mol. The first-order chi connectivity index (χ1) is 15.9. The van der Waals surface area contributed by atoms with Gasteiger partial charge in [0.1, 0.15) is 34.5 Å². The summed E-state index contributed by atoms with van der Waals surface area (Å²) in [6, 6.07) is 18.3. The van der Waals surface area contributed by atoms with Crippen LogP contribution in [0.5, 0.6) is 34.5 Å². The SMILES string of the molecule is C[P+](C)(C)C12c3c4cccc3Oc3cccc(c31)Oc1cccc(c12)O4.ClCCl.F[B-](F)(F)F. The molecule has 34 heavy (non-hydrogen) atoms. The van der Waals surface area contributed by atoms with E-state index in [9.17, 15) is 17.3 Å². The number of halogens is 6. The van der Waals surface area contributed by atoms with Gasteiger partial charge in [0.25, 0.3) is 0 Å². The lowest BCUT2D eigenvalue weighted by molar-refractivity contribution is 0.361. The second-order valence-electron chi connectivity index (χ2n) is 8.51. The topological polar surface area (TPSA) is 27.7 Å². The highest BCUT2D eigenvalue weighted by atomic mass is 35.5. The monoisotopic (exact) mass is 532 g/mol. The lowest BCUT2D eigenvalue weighted by atomic mass is 9.77. The van der Waals surface area contributed by atoms with Crippen LogP contribution in [-0.4, -0.2) is 32.6 Å². The van der Waals surface area contributed by atoms with Crippen molar-refractivity contribution < 1.29 is 31.5 Å². The van der Waals surface area contributed by atoms with Gasteiger partial charge < -0.3 is 31.5 Å². The summed E-state index contributed by atoms with van der Waals surface area (Å²) in [5.41, 5.74) is 3.47. The van der Waals surface area contributed by atoms with Crippen molar-refractivity contribution in [1.82, 2.24) is 0 Å². The fraction of sp³-hybridized carbons (Fsp3) is 0.217. The van der Waals surface area contributed by atoms with E-state index in [0.717, 1.165) is 51.2 Å². The van der Waals surface area contributed by atoms with Gasteiger partial charge in [0, 0.05) is 27.3 Å². The van der Waals surface area contributed by atoms with Crippen LogP contribution >= 0.6 is 30.5 Å². The number of benzene rings is 3. The molecule has 3 aromatic carbocycles. The maximum atomic E-state index is 9.75. The third-order valence-corrected chi connectivity index (χ3v) is 8.40. The smallest absolute Gasteiger partial charge is 0.456 e. The van der Waals surface area contributed by atoms with Gasteiger partial charge in [-0.1, -0.05) is 18.2 Å². The Morgan fingerprint density at radius 2 is 0.853 bits per heavy atom. The van der Waals surface area contributed by atoms with Crippen molar-refractivity contribution in [3.63, 3.8) is 0 Å². The summed E-state index contributed by atoms with van der Waals surface area (Å²) in [4.78, 5) is 0. The molecule has 0 aromatic heterocycles. The average Bonchev–Trinajstić information content (AvgIpc) is 2.72. The highest BCUT2D eigenvalue weighted by Gasteiger charge is 2.65. The zero-order chi connectivity index (χ0) is 24.9. The normalized spacial score (nSPS) is 15.1. The van der Waals surface area contributed by atoms with Crippen molar-refractivity contribution in [3.8, 4) is 34.5 Å². The second-order valence-corrected chi connectivity index (χ2v) is 14.0. The fourth-order valence-electron chi connectivity index (χ4n) is 4.85. The molecule has 0 saturated heterocycles. The summed E-state index contributed by atoms with van der Waals surface area (Å²) in [5.74, 6) is 5.36. The molecule has 0 bridgehead atoms. The van der Waals surface area contributed by atoms with Gasteiger partial charge in [-0.2, -0.15) is 0 Å². The summed E-state index contributed by atoms with van der Waals surface area (Å²) >= 11 is 9.53. The van der Waals surface area contributed by atoms with Crippen molar-refractivity contribution in [2.45, 2.75) is 5.16 Å². The summed E-state index contributed by atoms with van der Waals surface area (Å²) < 4.78 is 58.0. The first-order valence-corrected chi connectivity index (χ1v) is 14.4. The zero-order valence-electron chi connectivity index (χ0n) is 18.4. The van der Waals surface area contributed by atoms with E-state index < -0.39 is 14.5 Å². The Bertz CT molecular complexity index is 1050. The minimum absolute atomic E-state index is 0.194. The zero-order valence-corrected chi connectivity index (χ0v) is 20.8. The van der Waals surface area contributed by atoms with Gasteiger partial charge in [0.2, 0.25) is 0 Å². The summed E-state index contributed by atoms with van der Waals surface area (Å²) in [6.07, 6.45) is 0. The molecule has 3 aromatic rings. The minimum Gasteiger partial charge on any atom is -0.456 e. The van der Waals surface area contributed by atoms with Crippen LogP contribution in [0.4, 0.5) is 17.3 Å². The predicted octanol–water partition coefficient (Wildman–Crippen LogP) is 8.92. The molecule has 6 rings (SSSR count). The van der Waals surface area contributed by atoms with Gasteiger partial charge in [-0.3, -0.25) is 0 Å². The standard InChI is InChI=1S/C22H18O3P.CH2Cl2.BF4/c1-26(2,3)22-19-13-7-4-8-14(19)24-16-10-6-12-18(21(16)22)25-17-11-5-9-15(23-13)20(17)22;2-1-3;2-1(3,4)5/h4-12H,1-3H3;1H2;/q+1;;-1. The summed E-state index contributed by atoms with van der Waals surface area (Å²) in [6.45, 7) is 7.20. The highest BCUT2D eigenvalue weighted by Crippen LogP contribution is 2.81. The molecular weight excluding hydrogens is 513 g/mol. The van der Waals surface area contributed by atoms with E-state index >= 15 is 0 Å². The van der Waals surface area contributed by atoms with Crippen LogP contribution in [0.25, 0.3) is 0 Å². The van der Waals surface area contributed by atoms with Crippen molar-refractivity contribution in [2.24, 2.45) is 0 Å². The fourth-order valence-corrected chi connectivity index (χ4v) is 7.52. The van der Waals surface area contributed by atoms with E-state index in [2.05, 4.69) is 56.4 Å². The third-order valence-electron chi connectivity index (χ3n) is 5.72. The van der Waals surface area contributed by atoms with Gasteiger partial charge >= 0.3 is 7.25 Å². The van der Waals surface area contributed by atoms with Crippen LogP contribution in [0.3, 0.4) is 0 Å². The molecule has 0 fully saturated rings. The molecule has 3 heterocycles. The molecule has 0 radical (unpaired) electrons. The van der Waals surface area contributed by atoms with Gasteiger partial charge in [0.15, 0.2) is 5.16 Å². The van der Waals surface area contributed by atoms with Gasteiger partial charge in [0.05, 0.1) is 22.0 Å². The van der Waals surface area contributed by atoms with Gasteiger partial charge in [-0.15, -0.1) is 23.2 Å². The lowest BCUT2D eigenvalue weighted by Crippen LogP contribution is -2.39. The molecule has 0 amide bonds. The number of hydrogen-bond donors (Lipinski definition) is 0. The molecule has 0 spiro atoms. The van der Waals surface area contributed by atoms with E-state index in [0.29, 0.717) is 0 Å². The van der Waals surface area contributed by atoms with Crippen molar-refractivity contribution in [1.29, 1.82) is 0 Å². The highest BCUT2D eigenvalue weighted by molar-refractivity contribution is 7.75. The Morgan fingerprint density at radius 1 is 0.647 bits per heavy atom. The molecule has 0 aliphatic carbocycles. The van der Waals surface area contributed by atoms with Crippen LogP contribution < -0.4 is 14.2 Å². The predicted molar refractivity (Wildman–Crippen MR) is 131 cm³/mol. The number of alkyl halides is 2. The van der Waals surface area contributed by atoms with E-state index in [4.69, 9.17) is 37.4 Å².